The molecule has 2 heteroatoms. The zero-order valence-corrected chi connectivity index (χ0v) is 12.8. The first-order valence-electron chi connectivity index (χ1n) is 8.43. The predicted octanol–water partition coefficient (Wildman–Crippen LogP) is 5.18. The van der Waals surface area contributed by atoms with Crippen LogP contribution in [0.3, 0.4) is 0 Å². The Balaban J connectivity index is 1.55. The molecule has 2 aromatic carbocycles. The Morgan fingerprint density at radius 3 is 2.18 bits per heavy atom. The maximum atomic E-state index is 13.0. The van der Waals surface area contributed by atoms with E-state index in [0.717, 1.165) is 17.2 Å². The van der Waals surface area contributed by atoms with Crippen molar-refractivity contribution in [1.29, 1.82) is 0 Å². The molecule has 2 saturated heterocycles. The van der Waals surface area contributed by atoms with Gasteiger partial charge in [-0.1, -0.05) is 42.8 Å². The van der Waals surface area contributed by atoms with Crippen molar-refractivity contribution in [2.45, 2.75) is 44.2 Å². The molecule has 2 heterocycles. The standard InChI is InChI=1S/C20H22FN/c21-18-10-8-16(9-11-18)15-4-6-17(7-5-15)20-13-12-19-3-1-2-14-22(19)20/h4-11,19-20H,1-3,12-14H2. The van der Waals surface area contributed by atoms with Gasteiger partial charge in [0, 0.05) is 12.1 Å². The number of hydrogen-bond donors (Lipinski definition) is 0. The van der Waals surface area contributed by atoms with Crippen LogP contribution in [0.4, 0.5) is 4.39 Å². The number of benzene rings is 2. The molecule has 1 nitrogen and oxygen atoms in total. The number of hydrogen-bond acceptors (Lipinski definition) is 1. The summed E-state index contributed by atoms with van der Waals surface area (Å²) in [6.45, 7) is 1.26. The van der Waals surface area contributed by atoms with Gasteiger partial charge in [-0.2, -0.15) is 0 Å². The first-order chi connectivity index (χ1) is 10.8. The molecular formula is C20H22FN. The average Bonchev–Trinajstić information content (AvgIpc) is 3.00. The molecule has 114 valence electrons. The quantitative estimate of drug-likeness (QED) is 0.737. The van der Waals surface area contributed by atoms with Crippen LogP contribution in [0.2, 0.25) is 0 Å². The third-order valence-electron chi connectivity index (χ3n) is 5.32. The molecule has 4 rings (SSSR count). The Bertz CT molecular complexity index is 632. The Hall–Kier alpha value is -1.67. The predicted molar refractivity (Wildman–Crippen MR) is 88.2 cm³/mol. The fourth-order valence-electron chi connectivity index (χ4n) is 4.16. The molecule has 0 spiro atoms. The fraction of sp³-hybridized carbons (Fsp3) is 0.400. The summed E-state index contributed by atoms with van der Waals surface area (Å²) in [6, 6.07) is 17.1. The highest BCUT2D eigenvalue weighted by molar-refractivity contribution is 5.63. The largest absolute Gasteiger partial charge is 0.293 e. The molecule has 2 fully saturated rings. The van der Waals surface area contributed by atoms with Gasteiger partial charge in [-0.05, 0) is 61.1 Å². The van der Waals surface area contributed by atoms with E-state index in [1.807, 2.05) is 12.1 Å². The summed E-state index contributed by atoms with van der Waals surface area (Å²) in [5.41, 5.74) is 3.68. The number of halogens is 1. The lowest BCUT2D eigenvalue weighted by molar-refractivity contribution is 0.150. The Labute approximate surface area is 131 Å². The van der Waals surface area contributed by atoms with Gasteiger partial charge in [0.05, 0.1) is 0 Å². The summed E-state index contributed by atoms with van der Waals surface area (Å²) >= 11 is 0. The molecule has 2 aliphatic rings. The fourth-order valence-corrected chi connectivity index (χ4v) is 4.16. The molecule has 2 unspecified atom stereocenters. The van der Waals surface area contributed by atoms with Crippen molar-refractivity contribution >= 4 is 0 Å². The smallest absolute Gasteiger partial charge is 0.123 e. The van der Waals surface area contributed by atoms with Gasteiger partial charge < -0.3 is 0 Å². The molecule has 0 aromatic heterocycles. The van der Waals surface area contributed by atoms with Crippen LogP contribution in [0.25, 0.3) is 11.1 Å². The molecule has 2 aromatic rings. The minimum absolute atomic E-state index is 0.178. The van der Waals surface area contributed by atoms with Gasteiger partial charge >= 0.3 is 0 Å². The molecule has 2 atom stereocenters. The summed E-state index contributed by atoms with van der Waals surface area (Å²) in [5, 5.41) is 0. The second-order valence-corrected chi connectivity index (χ2v) is 6.61. The monoisotopic (exact) mass is 295 g/mol. The Morgan fingerprint density at radius 1 is 0.773 bits per heavy atom. The molecule has 2 aliphatic heterocycles. The SMILES string of the molecule is Fc1ccc(-c2ccc(C3CCC4CCCCN43)cc2)cc1. The molecule has 0 saturated carbocycles. The third-order valence-corrected chi connectivity index (χ3v) is 5.32. The summed E-state index contributed by atoms with van der Waals surface area (Å²) in [6.07, 6.45) is 6.77. The molecule has 0 bridgehead atoms. The lowest BCUT2D eigenvalue weighted by Gasteiger charge is -2.34. The second kappa shape index (κ2) is 5.85. The molecular weight excluding hydrogens is 273 g/mol. The van der Waals surface area contributed by atoms with Gasteiger partial charge in [-0.15, -0.1) is 0 Å². The van der Waals surface area contributed by atoms with E-state index in [1.165, 1.54) is 56.3 Å². The van der Waals surface area contributed by atoms with E-state index < -0.39 is 0 Å². The first kappa shape index (κ1) is 14.0. The van der Waals surface area contributed by atoms with Crippen molar-refractivity contribution in [3.8, 4) is 11.1 Å². The van der Waals surface area contributed by atoms with Crippen molar-refractivity contribution < 1.29 is 4.39 Å². The summed E-state index contributed by atoms with van der Waals surface area (Å²) < 4.78 is 13.0. The average molecular weight is 295 g/mol. The molecule has 0 amide bonds. The van der Waals surface area contributed by atoms with E-state index in [-0.39, 0.29) is 5.82 Å². The maximum Gasteiger partial charge on any atom is 0.123 e. The topological polar surface area (TPSA) is 3.24 Å². The Morgan fingerprint density at radius 2 is 1.45 bits per heavy atom. The first-order valence-corrected chi connectivity index (χ1v) is 8.43. The highest BCUT2D eigenvalue weighted by Gasteiger charge is 2.35. The van der Waals surface area contributed by atoms with Gasteiger partial charge in [0.15, 0.2) is 0 Å². The summed E-state index contributed by atoms with van der Waals surface area (Å²) in [4.78, 5) is 2.72. The van der Waals surface area contributed by atoms with Crippen LogP contribution in [-0.2, 0) is 0 Å². The molecule has 0 N–H and O–H groups in total. The van der Waals surface area contributed by atoms with Gasteiger partial charge in [0.2, 0.25) is 0 Å². The summed E-state index contributed by atoms with van der Waals surface area (Å²) in [5.74, 6) is -0.178. The lowest BCUT2D eigenvalue weighted by Crippen LogP contribution is -2.35. The Kier molecular flexibility index (Phi) is 3.71. The number of rotatable bonds is 2. The molecule has 0 aliphatic carbocycles. The molecule has 22 heavy (non-hydrogen) atoms. The highest BCUT2D eigenvalue weighted by Crippen LogP contribution is 2.40. The van der Waals surface area contributed by atoms with Crippen molar-refractivity contribution in [2.75, 3.05) is 6.54 Å². The number of fused-ring (bicyclic) bond motifs is 1. The summed E-state index contributed by atoms with van der Waals surface area (Å²) in [7, 11) is 0. The molecule has 0 radical (unpaired) electrons. The van der Waals surface area contributed by atoms with Gasteiger partial charge in [0.25, 0.3) is 0 Å². The van der Waals surface area contributed by atoms with Crippen LogP contribution in [-0.4, -0.2) is 17.5 Å². The highest BCUT2D eigenvalue weighted by atomic mass is 19.1. The van der Waals surface area contributed by atoms with Crippen LogP contribution >= 0.6 is 0 Å². The van der Waals surface area contributed by atoms with Crippen molar-refractivity contribution in [3.05, 3.63) is 59.9 Å². The van der Waals surface area contributed by atoms with Crippen molar-refractivity contribution in [3.63, 3.8) is 0 Å². The van der Waals surface area contributed by atoms with E-state index in [1.54, 1.807) is 0 Å². The van der Waals surface area contributed by atoms with Crippen molar-refractivity contribution in [1.82, 2.24) is 4.90 Å². The minimum Gasteiger partial charge on any atom is -0.293 e. The lowest BCUT2D eigenvalue weighted by atomic mass is 9.99. The zero-order valence-electron chi connectivity index (χ0n) is 12.8. The van der Waals surface area contributed by atoms with E-state index in [9.17, 15) is 4.39 Å². The van der Waals surface area contributed by atoms with Gasteiger partial charge in [0.1, 0.15) is 5.82 Å². The third kappa shape index (κ3) is 2.56. The van der Waals surface area contributed by atoms with E-state index in [0.29, 0.717) is 6.04 Å². The zero-order chi connectivity index (χ0) is 14.9. The van der Waals surface area contributed by atoms with Crippen LogP contribution in [0, 0.1) is 5.82 Å². The van der Waals surface area contributed by atoms with Crippen LogP contribution in [0.15, 0.2) is 48.5 Å². The van der Waals surface area contributed by atoms with Crippen LogP contribution in [0.1, 0.15) is 43.7 Å². The number of nitrogens with zero attached hydrogens (tertiary/aromatic N) is 1. The number of piperidine rings is 1. The van der Waals surface area contributed by atoms with Crippen LogP contribution in [0.5, 0.6) is 0 Å². The van der Waals surface area contributed by atoms with E-state index in [4.69, 9.17) is 0 Å². The van der Waals surface area contributed by atoms with E-state index in [2.05, 4.69) is 29.2 Å². The second-order valence-electron chi connectivity index (χ2n) is 6.61. The van der Waals surface area contributed by atoms with Gasteiger partial charge in [-0.3, -0.25) is 4.90 Å². The van der Waals surface area contributed by atoms with E-state index >= 15 is 0 Å². The van der Waals surface area contributed by atoms with Crippen LogP contribution < -0.4 is 0 Å². The van der Waals surface area contributed by atoms with Gasteiger partial charge in [-0.25, -0.2) is 4.39 Å². The normalized spacial score (nSPS) is 25.1. The minimum atomic E-state index is -0.178. The maximum absolute atomic E-state index is 13.0. The van der Waals surface area contributed by atoms with Crippen molar-refractivity contribution in [2.24, 2.45) is 0 Å².